The van der Waals surface area contributed by atoms with Crippen molar-refractivity contribution in [2.45, 2.75) is 26.4 Å². The molecule has 0 fully saturated rings. The number of thiazole rings is 1. The van der Waals surface area contributed by atoms with Crippen molar-refractivity contribution < 1.29 is 0 Å². The molecule has 0 atom stereocenters. The van der Waals surface area contributed by atoms with Gasteiger partial charge in [0.25, 0.3) is 0 Å². The van der Waals surface area contributed by atoms with Gasteiger partial charge in [-0.1, -0.05) is 0 Å². The van der Waals surface area contributed by atoms with Crippen LogP contribution >= 0.6 is 11.3 Å². The first-order chi connectivity index (χ1) is 11.3. The first-order valence-corrected chi connectivity index (χ1v) is 8.54. The maximum Gasteiger partial charge on any atom is 0.160 e. The van der Waals surface area contributed by atoms with Crippen LogP contribution in [0.15, 0.2) is 36.2 Å². The van der Waals surface area contributed by atoms with Gasteiger partial charge < -0.3 is 0 Å². The van der Waals surface area contributed by atoms with E-state index < -0.39 is 0 Å². The van der Waals surface area contributed by atoms with Gasteiger partial charge in [0, 0.05) is 48.7 Å². The van der Waals surface area contributed by atoms with E-state index in [1.165, 1.54) is 10.4 Å². The van der Waals surface area contributed by atoms with E-state index >= 15 is 0 Å². The second kappa shape index (κ2) is 6.14. The molecule has 0 saturated carbocycles. The Labute approximate surface area is 139 Å². The molecule has 0 amide bonds. The number of fused-ring (bicyclic) bond motifs is 1. The largest absolute Gasteiger partial charge is 0.292 e. The summed E-state index contributed by atoms with van der Waals surface area (Å²) in [5, 5.41) is 0. The van der Waals surface area contributed by atoms with Crippen molar-refractivity contribution in [3.8, 4) is 11.4 Å². The van der Waals surface area contributed by atoms with Crippen LogP contribution in [0.3, 0.4) is 0 Å². The molecule has 116 valence electrons. The molecule has 3 aromatic rings. The Bertz CT molecular complexity index is 815. The molecule has 0 spiro atoms. The molecule has 23 heavy (non-hydrogen) atoms. The zero-order valence-electron chi connectivity index (χ0n) is 12.9. The molecule has 0 saturated heterocycles. The quantitative estimate of drug-likeness (QED) is 0.742. The van der Waals surface area contributed by atoms with Crippen LogP contribution in [0.1, 0.15) is 21.8 Å². The number of hydrogen-bond acceptors (Lipinski definition) is 6. The van der Waals surface area contributed by atoms with Crippen molar-refractivity contribution >= 4 is 11.3 Å². The van der Waals surface area contributed by atoms with E-state index in [0.29, 0.717) is 0 Å². The van der Waals surface area contributed by atoms with Crippen LogP contribution in [0.25, 0.3) is 11.4 Å². The lowest BCUT2D eigenvalue weighted by molar-refractivity contribution is 0.243. The topological polar surface area (TPSA) is 54.8 Å². The number of nitrogens with zero attached hydrogens (tertiary/aromatic N) is 5. The Morgan fingerprint density at radius 2 is 2.22 bits per heavy atom. The van der Waals surface area contributed by atoms with E-state index in [4.69, 9.17) is 4.98 Å². The Balaban J connectivity index is 1.57. The van der Waals surface area contributed by atoms with Gasteiger partial charge in [-0.05, 0) is 31.0 Å². The van der Waals surface area contributed by atoms with Gasteiger partial charge in [0.1, 0.15) is 0 Å². The predicted octanol–water partition coefficient (Wildman–Crippen LogP) is 2.86. The molecule has 6 heteroatoms. The Morgan fingerprint density at radius 3 is 3.00 bits per heavy atom. The summed E-state index contributed by atoms with van der Waals surface area (Å²) in [5.41, 5.74) is 6.41. The van der Waals surface area contributed by atoms with Crippen LogP contribution in [-0.2, 0) is 19.5 Å². The number of aromatic nitrogens is 4. The molecular weight excluding hydrogens is 306 g/mol. The lowest BCUT2D eigenvalue weighted by Gasteiger charge is -2.27. The van der Waals surface area contributed by atoms with Crippen LogP contribution in [0.2, 0.25) is 0 Å². The Morgan fingerprint density at radius 1 is 1.26 bits per heavy atom. The minimum Gasteiger partial charge on any atom is -0.292 e. The van der Waals surface area contributed by atoms with E-state index in [2.05, 4.69) is 26.8 Å². The fourth-order valence-corrected chi connectivity index (χ4v) is 3.63. The van der Waals surface area contributed by atoms with Crippen LogP contribution in [0.5, 0.6) is 0 Å². The van der Waals surface area contributed by atoms with Crippen molar-refractivity contribution in [3.05, 3.63) is 58.1 Å². The summed E-state index contributed by atoms with van der Waals surface area (Å²) in [7, 11) is 0. The molecule has 0 aliphatic carbocycles. The lowest BCUT2D eigenvalue weighted by atomic mass is 10.1. The van der Waals surface area contributed by atoms with Gasteiger partial charge in [0.15, 0.2) is 5.82 Å². The summed E-state index contributed by atoms with van der Waals surface area (Å²) in [4.78, 5) is 21.5. The normalized spacial score (nSPS) is 14.7. The summed E-state index contributed by atoms with van der Waals surface area (Å²) in [6.07, 6.45) is 6.55. The summed E-state index contributed by atoms with van der Waals surface area (Å²) in [5.74, 6) is 0.757. The summed E-state index contributed by atoms with van der Waals surface area (Å²) < 4.78 is 0. The van der Waals surface area contributed by atoms with Crippen LogP contribution in [0.4, 0.5) is 0 Å². The standard InChI is InChI=1S/C17H17N5S/c1-12-16(23-11-20-12)10-22-6-4-13-8-19-17(21-15(13)9-22)14-3-2-5-18-7-14/h2-3,5,7-8,11H,4,6,9-10H2,1H3. The third-order valence-corrected chi connectivity index (χ3v) is 5.08. The van der Waals surface area contributed by atoms with Crippen LogP contribution in [0, 0.1) is 6.92 Å². The second-order valence-electron chi connectivity index (χ2n) is 5.73. The lowest BCUT2D eigenvalue weighted by Crippen LogP contribution is -2.31. The number of pyridine rings is 1. The van der Waals surface area contributed by atoms with Crippen molar-refractivity contribution in [1.29, 1.82) is 0 Å². The van der Waals surface area contributed by atoms with Crippen molar-refractivity contribution in [2.24, 2.45) is 0 Å². The Hall–Kier alpha value is -2.18. The van der Waals surface area contributed by atoms with Crippen molar-refractivity contribution in [3.63, 3.8) is 0 Å². The van der Waals surface area contributed by atoms with Gasteiger partial charge >= 0.3 is 0 Å². The average molecular weight is 323 g/mol. The van der Waals surface area contributed by atoms with E-state index in [9.17, 15) is 0 Å². The van der Waals surface area contributed by atoms with Gasteiger partial charge in [-0.3, -0.25) is 9.88 Å². The fraction of sp³-hybridized carbons (Fsp3) is 0.294. The molecule has 5 nitrogen and oxygen atoms in total. The molecule has 0 radical (unpaired) electrons. The highest BCUT2D eigenvalue weighted by molar-refractivity contribution is 7.09. The zero-order chi connectivity index (χ0) is 15.6. The van der Waals surface area contributed by atoms with Gasteiger partial charge in [0.05, 0.1) is 16.9 Å². The molecule has 1 aliphatic rings. The number of hydrogen-bond donors (Lipinski definition) is 0. The smallest absolute Gasteiger partial charge is 0.160 e. The van der Waals surface area contributed by atoms with Gasteiger partial charge in [0.2, 0.25) is 0 Å². The van der Waals surface area contributed by atoms with Crippen molar-refractivity contribution in [2.75, 3.05) is 6.54 Å². The molecule has 0 aromatic carbocycles. The van der Waals surface area contributed by atoms with Crippen LogP contribution < -0.4 is 0 Å². The maximum atomic E-state index is 4.78. The highest BCUT2D eigenvalue weighted by Gasteiger charge is 2.20. The van der Waals surface area contributed by atoms with E-state index in [-0.39, 0.29) is 0 Å². The van der Waals surface area contributed by atoms with E-state index in [1.54, 1.807) is 17.5 Å². The van der Waals surface area contributed by atoms with Gasteiger partial charge in [-0.25, -0.2) is 15.0 Å². The highest BCUT2D eigenvalue weighted by Crippen LogP contribution is 2.23. The number of rotatable bonds is 3. The highest BCUT2D eigenvalue weighted by atomic mass is 32.1. The third kappa shape index (κ3) is 3.00. The molecule has 0 unspecified atom stereocenters. The van der Waals surface area contributed by atoms with Gasteiger partial charge in [-0.2, -0.15) is 0 Å². The number of aryl methyl sites for hydroxylation is 1. The molecular formula is C17H17N5S. The molecule has 0 N–H and O–H groups in total. The van der Waals surface area contributed by atoms with Gasteiger partial charge in [-0.15, -0.1) is 11.3 Å². The SMILES string of the molecule is Cc1ncsc1CN1CCc2cnc(-c3cccnc3)nc2C1. The first-order valence-electron chi connectivity index (χ1n) is 7.66. The summed E-state index contributed by atoms with van der Waals surface area (Å²) in [6.45, 7) is 4.93. The molecule has 0 bridgehead atoms. The van der Waals surface area contributed by atoms with E-state index in [0.717, 1.165) is 48.8 Å². The minimum absolute atomic E-state index is 0.757. The Kier molecular flexibility index (Phi) is 3.85. The molecule has 1 aliphatic heterocycles. The van der Waals surface area contributed by atoms with Crippen molar-refractivity contribution in [1.82, 2.24) is 24.8 Å². The minimum atomic E-state index is 0.757. The average Bonchev–Trinajstić information content (AvgIpc) is 3.00. The fourth-order valence-electron chi connectivity index (χ4n) is 2.81. The summed E-state index contributed by atoms with van der Waals surface area (Å²) >= 11 is 1.73. The monoisotopic (exact) mass is 323 g/mol. The molecule has 4 rings (SSSR count). The second-order valence-corrected chi connectivity index (χ2v) is 6.67. The molecule has 4 heterocycles. The third-order valence-electron chi connectivity index (χ3n) is 4.16. The van der Waals surface area contributed by atoms with E-state index in [1.807, 2.05) is 30.0 Å². The zero-order valence-corrected chi connectivity index (χ0v) is 13.8. The molecule has 3 aromatic heterocycles. The summed E-state index contributed by atoms with van der Waals surface area (Å²) in [6, 6.07) is 3.91. The van der Waals surface area contributed by atoms with Crippen LogP contribution in [-0.4, -0.2) is 31.4 Å². The predicted molar refractivity (Wildman–Crippen MR) is 89.9 cm³/mol. The maximum absolute atomic E-state index is 4.78. The first kappa shape index (κ1) is 14.4.